The van der Waals surface area contributed by atoms with E-state index in [1.807, 2.05) is 67.4 Å². The van der Waals surface area contributed by atoms with Crippen molar-refractivity contribution in [1.29, 1.82) is 0 Å². The molecule has 0 saturated heterocycles. The van der Waals surface area contributed by atoms with Crippen molar-refractivity contribution >= 4 is 34.6 Å². The minimum absolute atomic E-state index is 0.643. The van der Waals surface area contributed by atoms with Crippen molar-refractivity contribution in [3.63, 3.8) is 0 Å². The third-order valence-corrected chi connectivity index (χ3v) is 3.91. The van der Waals surface area contributed by atoms with Gasteiger partial charge in [-0.3, -0.25) is 0 Å². The number of nitrogens with one attached hydrogen (secondary N) is 1. The van der Waals surface area contributed by atoms with Crippen LogP contribution in [0.4, 0.5) is 5.69 Å². The van der Waals surface area contributed by atoms with Crippen LogP contribution in [0.3, 0.4) is 0 Å². The number of hydrogen-bond acceptors (Lipinski definition) is 2. The lowest BCUT2D eigenvalue weighted by Gasteiger charge is -2.21. The van der Waals surface area contributed by atoms with Crippen molar-refractivity contribution in [2.45, 2.75) is 13.5 Å². The summed E-state index contributed by atoms with van der Waals surface area (Å²) in [6, 6.07) is 15.5. The van der Waals surface area contributed by atoms with Crippen molar-refractivity contribution in [3.05, 3.63) is 59.1 Å². The SMILES string of the molecule is CCOc1ccc(NC(=S)N(C)Cc2ccccc2Cl)cc1. The van der Waals surface area contributed by atoms with Gasteiger partial charge in [0.25, 0.3) is 0 Å². The molecule has 0 saturated carbocycles. The molecule has 0 amide bonds. The van der Waals surface area contributed by atoms with Crippen LogP contribution in [0, 0.1) is 0 Å². The Hall–Kier alpha value is -1.78. The zero-order valence-corrected chi connectivity index (χ0v) is 14.2. The van der Waals surface area contributed by atoms with Crippen molar-refractivity contribution in [2.24, 2.45) is 0 Å². The number of nitrogens with zero attached hydrogens (tertiary/aromatic N) is 1. The first-order valence-corrected chi connectivity index (χ1v) is 7.87. The summed E-state index contributed by atoms with van der Waals surface area (Å²) in [5.74, 6) is 0.850. The number of halogens is 1. The summed E-state index contributed by atoms with van der Waals surface area (Å²) in [6.45, 7) is 3.28. The van der Waals surface area contributed by atoms with Crippen LogP contribution in [0.2, 0.25) is 5.02 Å². The maximum Gasteiger partial charge on any atom is 0.173 e. The predicted molar refractivity (Wildman–Crippen MR) is 96.8 cm³/mol. The molecule has 116 valence electrons. The van der Waals surface area contributed by atoms with Gasteiger partial charge < -0.3 is 15.0 Å². The molecule has 0 spiro atoms. The molecule has 0 aliphatic heterocycles. The lowest BCUT2D eigenvalue weighted by Crippen LogP contribution is -2.30. The van der Waals surface area contributed by atoms with E-state index in [2.05, 4.69) is 5.32 Å². The second-order valence-corrected chi connectivity index (χ2v) is 5.63. The zero-order chi connectivity index (χ0) is 15.9. The fourth-order valence-corrected chi connectivity index (χ4v) is 2.35. The van der Waals surface area contributed by atoms with Crippen LogP contribution >= 0.6 is 23.8 Å². The average Bonchev–Trinajstić information content (AvgIpc) is 2.51. The van der Waals surface area contributed by atoms with E-state index in [0.717, 1.165) is 22.0 Å². The van der Waals surface area contributed by atoms with E-state index in [1.54, 1.807) is 0 Å². The molecule has 1 N–H and O–H groups in total. The first-order chi connectivity index (χ1) is 10.6. The van der Waals surface area contributed by atoms with Crippen molar-refractivity contribution in [2.75, 3.05) is 19.0 Å². The van der Waals surface area contributed by atoms with Gasteiger partial charge in [-0.15, -0.1) is 0 Å². The molecule has 0 aliphatic carbocycles. The van der Waals surface area contributed by atoms with E-state index < -0.39 is 0 Å². The van der Waals surface area contributed by atoms with E-state index in [0.29, 0.717) is 18.3 Å². The molecule has 0 aliphatic rings. The highest BCUT2D eigenvalue weighted by Crippen LogP contribution is 2.18. The molecule has 0 aromatic heterocycles. The monoisotopic (exact) mass is 334 g/mol. The summed E-state index contributed by atoms with van der Waals surface area (Å²) in [5.41, 5.74) is 1.97. The lowest BCUT2D eigenvalue weighted by molar-refractivity contribution is 0.340. The summed E-state index contributed by atoms with van der Waals surface area (Å²) in [4.78, 5) is 1.95. The zero-order valence-electron chi connectivity index (χ0n) is 12.7. The van der Waals surface area contributed by atoms with Crippen LogP contribution in [0.25, 0.3) is 0 Å². The van der Waals surface area contributed by atoms with Gasteiger partial charge >= 0.3 is 0 Å². The topological polar surface area (TPSA) is 24.5 Å². The van der Waals surface area contributed by atoms with Crippen LogP contribution in [-0.4, -0.2) is 23.7 Å². The van der Waals surface area contributed by atoms with E-state index in [-0.39, 0.29) is 0 Å². The number of rotatable bonds is 5. The Morgan fingerprint density at radius 1 is 1.18 bits per heavy atom. The van der Waals surface area contributed by atoms with Crippen LogP contribution < -0.4 is 10.1 Å². The molecule has 3 nitrogen and oxygen atoms in total. The highest BCUT2D eigenvalue weighted by molar-refractivity contribution is 7.80. The quantitative estimate of drug-likeness (QED) is 0.810. The molecule has 0 heterocycles. The Labute approximate surface area is 141 Å². The van der Waals surface area contributed by atoms with Gasteiger partial charge in [-0.2, -0.15) is 0 Å². The Balaban J connectivity index is 1.95. The van der Waals surface area contributed by atoms with Gasteiger partial charge in [0.1, 0.15) is 5.75 Å². The molecule has 2 aromatic rings. The van der Waals surface area contributed by atoms with Crippen LogP contribution in [0.15, 0.2) is 48.5 Å². The van der Waals surface area contributed by atoms with E-state index in [4.69, 9.17) is 28.6 Å². The van der Waals surface area contributed by atoms with Crippen molar-refractivity contribution < 1.29 is 4.74 Å². The molecule has 22 heavy (non-hydrogen) atoms. The van der Waals surface area contributed by atoms with Gasteiger partial charge in [-0.05, 0) is 55.0 Å². The molecular weight excluding hydrogens is 316 g/mol. The van der Waals surface area contributed by atoms with Gasteiger partial charge in [0, 0.05) is 24.3 Å². The average molecular weight is 335 g/mol. The minimum atomic E-state index is 0.643. The highest BCUT2D eigenvalue weighted by atomic mass is 35.5. The highest BCUT2D eigenvalue weighted by Gasteiger charge is 2.08. The third kappa shape index (κ3) is 4.61. The van der Waals surface area contributed by atoms with Crippen LogP contribution in [0.1, 0.15) is 12.5 Å². The second-order valence-electron chi connectivity index (χ2n) is 4.84. The van der Waals surface area contributed by atoms with Gasteiger partial charge in [0.15, 0.2) is 5.11 Å². The minimum Gasteiger partial charge on any atom is -0.494 e. The number of anilines is 1. The number of ether oxygens (including phenoxy) is 1. The molecule has 0 unspecified atom stereocenters. The molecule has 0 atom stereocenters. The van der Waals surface area contributed by atoms with Crippen LogP contribution in [-0.2, 0) is 6.54 Å². The number of hydrogen-bond donors (Lipinski definition) is 1. The fraction of sp³-hybridized carbons (Fsp3) is 0.235. The van der Waals surface area contributed by atoms with Crippen molar-refractivity contribution in [1.82, 2.24) is 4.90 Å². The van der Waals surface area contributed by atoms with E-state index >= 15 is 0 Å². The molecule has 0 bridgehead atoms. The van der Waals surface area contributed by atoms with Gasteiger partial charge in [-0.1, -0.05) is 29.8 Å². The predicted octanol–water partition coefficient (Wildman–Crippen LogP) is 4.57. The number of thiocarbonyl (C=S) groups is 1. The smallest absolute Gasteiger partial charge is 0.173 e. The summed E-state index contributed by atoms with van der Waals surface area (Å²) in [7, 11) is 1.94. The second kappa shape index (κ2) is 8.01. The van der Waals surface area contributed by atoms with E-state index in [9.17, 15) is 0 Å². The summed E-state index contributed by atoms with van der Waals surface area (Å²) in [5, 5.41) is 4.60. The lowest BCUT2D eigenvalue weighted by atomic mass is 10.2. The van der Waals surface area contributed by atoms with Crippen molar-refractivity contribution in [3.8, 4) is 5.75 Å². The van der Waals surface area contributed by atoms with Gasteiger partial charge in [-0.25, -0.2) is 0 Å². The molecule has 5 heteroatoms. The first kappa shape index (κ1) is 16.6. The molecule has 0 fully saturated rings. The summed E-state index contributed by atoms with van der Waals surface area (Å²) >= 11 is 11.6. The van der Waals surface area contributed by atoms with Gasteiger partial charge in [0.2, 0.25) is 0 Å². The normalized spacial score (nSPS) is 10.1. The largest absolute Gasteiger partial charge is 0.494 e. The summed E-state index contributed by atoms with van der Waals surface area (Å²) < 4.78 is 5.42. The first-order valence-electron chi connectivity index (χ1n) is 7.08. The maximum atomic E-state index is 6.18. The Morgan fingerprint density at radius 2 is 1.86 bits per heavy atom. The Bertz CT molecular complexity index is 631. The molecule has 2 aromatic carbocycles. The van der Waals surface area contributed by atoms with E-state index in [1.165, 1.54) is 0 Å². The summed E-state index contributed by atoms with van der Waals surface area (Å²) in [6.07, 6.45) is 0. The van der Waals surface area contributed by atoms with Gasteiger partial charge in [0.05, 0.1) is 6.61 Å². The Kier molecular flexibility index (Phi) is 6.04. The molecule has 2 rings (SSSR count). The number of benzene rings is 2. The fourth-order valence-electron chi connectivity index (χ4n) is 1.97. The van der Waals surface area contributed by atoms with Crippen LogP contribution in [0.5, 0.6) is 5.75 Å². The maximum absolute atomic E-state index is 6.18. The standard InChI is InChI=1S/C17H19ClN2OS/c1-3-21-15-10-8-14(9-11-15)19-17(22)20(2)12-13-6-4-5-7-16(13)18/h4-11H,3,12H2,1-2H3,(H,19,22). The third-order valence-electron chi connectivity index (χ3n) is 3.13. The molecule has 0 radical (unpaired) electrons. The molecular formula is C17H19ClN2OS. The Morgan fingerprint density at radius 3 is 2.50 bits per heavy atom.